The average molecular weight is 228 g/mol. The molecule has 0 aromatic carbocycles. The number of Topliss-reactive ketones (excluding diaryl/α,β-unsaturated/α-hetero) is 1. The molecule has 94 valence electrons. The number of esters is 1. The summed E-state index contributed by atoms with van der Waals surface area (Å²) in [4.78, 5) is 22.8. The van der Waals surface area contributed by atoms with Crippen LogP contribution in [0.5, 0.6) is 0 Å². The fourth-order valence-corrected chi connectivity index (χ4v) is 1.16. The van der Waals surface area contributed by atoms with Crippen LogP contribution in [-0.2, 0) is 14.3 Å². The maximum absolute atomic E-state index is 11.5. The van der Waals surface area contributed by atoms with Gasteiger partial charge in [-0.25, -0.2) is 0 Å². The molecule has 0 fully saturated rings. The molecule has 0 aliphatic rings. The van der Waals surface area contributed by atoms with Crippen LogP contribution in [0.25, 0.3) is 0 Å². The third kappa shape index (κ3) is 7.43. The highest BCUT2D eigenvalue weighted by Gasteiger charge is 2.24. The Hall–Kier alpha value is -0.860. The molecule has 0 aliphatic heterocycles. The van der Waals surface area contributed by atoms with Crippen LogP contribution in [-0.4, -0.2) is 18.4 Å². The van der Waals surface area contributed by atoms with E-state index in [1.165, 1.54) is 6.42 Å². The van der Waals surface area contributed by atoms with Gasteiger partial charge >= 0.3 is 5.97 Å². The van der Waals surface area contributed by atoms with Gasteiger partial charge in [-0.15, -0.1) is 0 Å². The molecule has 0 aromatic rings. The summed E-state index contributed by atoms with van der Waals surface area (Å²) in [5, 5.41) is 0. The minimum absolute atomic E-state index is 0.0638. The van der Waals surface area contributed by atoms with Gasteiger partial charge < -0.3 is 4.74 Å². The summed E-state index contributed by atoms with van der Waals surface area (Å²) in [5.74, 6) is -0.456. The molecule has 3 nitrogen and oxygen atoms in total. The summed E-state index contributed by atoms with van der Waals surface area (Å²) in [5.41, 5.74) is -0.457. The smallest absolute Gasteiger partial charge is 0.313 e. The maximum atomic E-state index is 11.5. The van der Waals surface area contributed by atoms with Crippen molar-refractivity contribution in [2.75, 3.05) is 6.61 Å². The van der Waals surface area contributed by atoms with Crippen LogP contribution in [0, 0.1) is 5.41 Å². The second-order valence-electron chi connectivity index (χ2n) is 5.13. The first kappa shape index (κ1) is 15.1. The monoisotopic (exact) mass is 228 g/mol. The van der Waals surface area contributed by atoms with Crippen molar-refractivity contribution >= 4 is 11.8 Å². The molecule has 0 saturated carbocycles. The number of hydrogen-bond acceptors (Lipinski definition) is 3. The van der Waals surface area contributed by atoms with Crippen LogP contribution in [0.2, 0.25) is 0 Å². The number of carbonyl (C=O) groups excluding carboxylic acids is 2. The van der Waals surface area contributed by atoms with Gasteiger partial charge in [-0.2, -0.15) is 0 Å². The van der Waals surface area contributed by atoms with Gasteiger partial charge in [-0.1, -0.05) is 47.0 Å². The highest BCUT2D eigenvalue weighted by Crippen LogP contribution is 2.16. The van der Waals surface area contributed by atoms with Crippen molar-refractivity contribution in [3.63, 3.8) is 0 Å². The topological polar surface area (TPSA) is 43.4 Å². The highest BCUT2D eigenvalue weighted by atomic mass is 16.5. The molecule has 0 N–H and O–H groups in total. The zero-order valence-corrected chi connectivity index (χ0v) is 11.0. The van der Waals surface area contributed by atoms with Gasteiger partial charge in [-0.3, -0.25) is 9.59 Å². The van der Waals surface area contributed by atoms with Gasteiger partial charge in [0, 0.05) is 5.41 Å². The standard InChI is InChI=1S/C13H24O3/c1-5-6-7-8-9-16-12(15)10-11(14)13(2,3)4/h5-10H2,1-4H3. The van der Waals surface area contributed by atoms with Gasteiger partial charge in [0.25, 0.3) is 0 Å². The first-order chi connectivity index (χ1) is 7.38. The predicted octanol–water partition coefficient (Wildman–Crippen LogP) is 3.12. The minimum Gasteiger partial charge on any atom is -0.465 e. The molecular formula is C13H24O3. The minimum atomic E-state index is -0.457. The summed E-state index contributed by atoms with van der Waals surface area (Å²) < 4.78 is 4.99. The van der Waals surface area contributed by atoms with E-state index in [9.17, 15) is 9.59 Å². The SMILES string of the molecule is CCCCCCOC(=O)CC(=O)C(C)(C)C. The second kappa shape index (κ2) is 7.42. The van der Waals surface area contributed by atoms with E-state index in [-0.39, 0.29) is 12.2 Å². The summed E-state index contributed by atoms with van der Waals surface area (Å²) in [6.07, 6.45) is 4.20. The molecule has 0 spiro atoms. The molecule has 0 amide bonds. The number of rotatable bonds is 7. The lowest BCUT2D eigenvalue weighted by molar-refractivity contribution is -0.147. The number of ether oxygens (including phenoxy) is 1. The zero-order chi connectivity index (χ0) is 12.6. The Kier molecular flexibility index (Phi) is 7.02. The van der Waals surface area contributed by atoms with Crippen LogP contribution >= 0.6 is 0 Å². The Morgan fingerprint density at radius 2 is 1.69 bits per heavy atom. The number of unbranched alkanes of at least 4 members (excludes halogenated alkanes) is 3. The summed E-state index contributed by atoms with van der Waals surface area (Å²) >= 11 is 0. The molecule has 0 bridgehead atoms. The van der Waals surface area contributed by atoms with Crippen LogP contribution in [0.4, 0.5) is 0 Å². The van der Waals surface area contributed by atoms with Gasteiger partial charge in [0.15, 0.2) is 0 Å². The largest absolute Gasteiger partial charge is 0.465 e. The molecule has 0 rings (SSSR count). The number of hydrogen-bond donors (Lipinski definition) is 0. The molecule has 0 saturated heterocycles. The number of ketones is 1. The van der Waals surface area contributed by atoms with Crippen LogP contribution in [0.15, 0.2) is 0 Å². The molecule has 0 aromatic heterocycles. The van der Waals surface area contributed by atoms with Crippen molar-refractivity contribution in [2.24, 2.45) is 5.41 Å². The fraction of sp³-hybridized carbons (Fsp3) is 0.846. The van der Waals surface area contributed by atoms with Crippen LogP contribution in [0.1, 0.15) is 59.8 Å². The van der Waals surface area contributed by atoms with E-state index in [0.717, 1.165) is 19.3 Å². The lowest BCUT2D eigenvalue weighted by Gasteiger charge is -2.15. The van der Waals surface area contributed by atoms with E-state index >= 15 is 0 Å². The van der Waals surface area contributed by atoms with Crippen molar-refractivity contribution in [1.29, 1.82) is 0 Å². The first-order valence-corrected chi connectivity index (χ1v) is 6.07. The molecule has 3 heteroatoms. The molecule has 0 heterocycles. The third-order valence-electron chi connectivity index (χ3n) is 2.40. The van der Waals surface area contributed by atoms with E-state index in [2.05, 4.69) is 6.92 Å². The average Bonchev–Trinajstić information content (AvgIpc) is 2.16. The summed E-state index contributed by atoms with van der Waals surface area (Å²) in [6, 6.07) is 0. The van der Waals surface area contributed by atoms with Crippen molar-refractivity contribution < 1.29 is 14.3 Å². The Bertz CT molecular complexity index is 226. The normalized spacial score (nSPS) is 11.2. The molecule has 0 atom stereocenters. The molecule has 0 radical (unpaired) electrons. The van der Waals surface area contributed by atoms with E-state index in [1.807, 2.05) is 20.8 Å². The Morgan fingerprint density at radius 1 is 1.06 bits per heavy atom. The summed E-state index contributed by atoms with van der Waals surface area (Å²) in [6.45, 7) is 8.00. The molecule has 0 unspecified atom stereocenters. The lowest BCUT2D eigenvalue weighted by Crippen LogP contribution is -2.24. The van der Waals surface area contributed by atoms with E-state index < -0.39 is 11.4 Å². The van der Waals surface area contributed by atoms with Gasteiger partial charge in [0.1, 0.15) is 12.2 Å². The first-order valence-electron chi connectivity index (χ1n) is 6.07. The van der Waals surface area contributed by atoms with Gasteiger partial charge in [0.05, 0.1) is 6.61 Å². The highest BCUT2D eigenvalue weighted by molar-refractivity contribution is 5.98. The van der Waals surface area contributed by atoms with Crippen molar-refractivity contribution in [3.8, 4) is 0 Å². The zero-order valence-electron chi connectivity index (χ0n) is 11.0. The third-order valence-corrected chi connectivity index (χ3v) is 2.40. The van der Waals surface area contributed by atoms with Crippen molar-refractivity contribution in [3.05, 3.63) is 0 Å². The lowest BCUT2D eigenvalue weighted by atomic mass is 9.89. The number of carbonyl (C=O) groups is 2. The van der Waals surface area contributed by atoms with Gasteiger partial charge in [-0.05, 0) is 6.42 Å². The van der Waals surface area contributed by atoms with Crippen molar-refractivity contribution in [2.45, 2.75) is 59.8 Å². The molecule has 0 aliphatic carbocycles. The van der Waals surface area contributed by atoms with Crippen LogP contribution in [0.3, 0.4) is 0 Å². The fourth-order valence-electron chi connectivity index (χ4n) is 1.16. The molecular weight excluding hydrogens is 204 g/mol. The van der Waals surface area contributed by atoms with Crippen molar-refractivity contribution in [1.82, 2.24) is 0 Å². The van der Waals surface area contributed by atoms with E-state index in [4.69, 9.17) is 4.74 Å². The van der Waals surface area contributed by atoms with Gasteiger partial charge in [0.2, 0.25) is 0 Å². The Morgan fingerprint density at radius 3 is 2.19 bits per heavy atom. The quantitative estimate of drug-likeness (QED) is 0.382. The summed E-state index contributed by atoms with van der Waals surface area (Å²) in [7, 11) is 0. The van der Waals surface area contributed by atoms with E-state index in [1.54, 1.807) is 0 Å². The van der Waals surface area contributed by atoms with E-state index in [0.29, 0.717) is 6.61 Å². The Labute approximate surface area is 98.6 Å². The van der Waals surface area contributed by atoms with Crippen LogP contribution < -0.4 is 0 Å². The predicted molar refractivity (Wildman–Crippen MR) is 64.2 cm³/mol. The second-order valence-corrected chi connectivity index (χ2v) is 5.13. The maximum Gasteiger partial charge on any atom is 0.313 e. The molecule has 16 heavy (non-hydrogen) atoms. The Balaban J connectivity index is 3.63.